The molecule has 3 atom stereocenters. The Morgan fingerprint density at radius 2 is 1.86 bits per heavy atom. The van der Waals surface area contributed by atoms with E-state index in [1.54, 1.807) is 0 Å². The normalized spacial score (nSPS) is 14.4. The monoisotopic (exact) mass is 550 g/mol. The third-order valence-electron chi connectivity index (χ3n) is 5.24. The van der Waals surface area contributed by atoms with Gasteiger partial charge >= 0.3 is 6.18 Å². The first kappa shape index (κ1) is 27.7. The molecule has 36 heavy (non-hydrogen) atoms. The molecule has 0 bridgehead atoms. The molecule has 0 aliphatic heterocycles. The average Bonchev–Trinajstić information content (AvgIpc) is 3.23. The highest BCUT2D eigenvalue weighted by atomic mass is 35.5. The zero-order valence-electron chi connectivity index (χ0n) is 18.6. The van der Waals surface area contributed by atoms with E-state index in [4.69, 9.17) is 11.6 Å². The molecule has 3 aromatic rings. The van der Waals surface area contributed by atoms with Crippen molar-refractivity contribution in [3.8, 4) is 5.69 Å². The number of rotatable bonds is 8. The summed E-state index contributed by atoms with van der Waals surface area (Å²) in [4.78, 5) is 12.7. The fraction of sp³-hybridized carbons (Fsp3) is 0.273. The number of nitrogens with zero attached hydrogens (tertiary/aromatic N) is 2. The maximum absolute atomic E-state index is 14.5. The standard InChI is InChI=1S/C22H19ClF5N3O4S/c1-11(13-3-5-16(19(25)7-13)12(2)35-36(33)34)21(32)29-10-15-9-20(22(26,27)28)30-31(15)14-4-6-18(24)17(23)8-14/h3-9,11-12H,10H2,1-2H3,(H,29,32)(H,33,34)/p-1. The molecule has 7 nitrogen and oxygen atoms in total. The van der Waals surface area contributed by atoms with Crippen LogP contribution < -0.4 is 5.32 Å². The zero-order valence-corrected chi connectivity index (χ0v) is 20.2. The van der Waals surface area contributed by atoms with Crippen molar-refractivity contribution in [2.75, 3.05) is 0 Å². The Bertz CT molecular complexity index is 1300. The minimum atomic E-state index is -4.78. The van der Waals surface area contributed by atoms with E-state index in [2.05, 4.69) is 14.6 Å². The van der Waals surface area contributed by atoms with Gasteiger partial charge in [0.05, 0.1) is 46.3 Å². The molecular weight excluding hydrogens is 533 g/mol. The van der Waals surface area contributed by atoms with Crippen LogP contribution in [0.25, 0.3) is 5.69 Å². The van der Waals surface area contributed by atoms with Gasteiger partial charge < -0.3 is 9.87 Å². The Morgan fingerprint density at radius 3 is 2.44 bits per heavy atom. The first-order chi connectivity index (χ1) is 16.8. The van der Waals surface area contributed by atoms with Crippen molar-refractivity contribution in [2.45, 2.75) is 38.6 Å². The van der Waals surface area contributed by atoms with E-state index < -0.39 is 52.8 Å². The molecule has 1 heterocycles. The number of carbonyl (C=O) groups excluding carboxylic acids is 1. The van der Waals surface area contributed by atoms with Gasteiger partial charge in [0.1, 0.15) is 11.6 Å². The number of carbonyl (C=O) groups is 1. The molecule has 1 amide bonds. The van der Waals surface area contributed by atoms with Gasteiger partial charge in [-0.2, -0.15) is 18.3 Å². The molecule has 0 spiro atoms. The lowest BCUT2D eigenvalue weighted by Crippen LogP contribution is -2.28. The van der Waals surface area contributed by atoms with Gasteiger partial charge in [-0.3, -0.25) is 8.98 Å². The van der Waals surface area contributed by atoms with E-state index in [1.165, 1.54) is 32.0 Å². The van der Waals surface area contributed by atoms with Gasteiger partial charge in [-0.25, -0.2) is 17.7 Å². The van der Waals surface area contributed by atoms with Crippen LogP contribution in [0.1, 0.15) is 48.4 Å². The van der Waals surface area contributed by atoms with Crippen molar-refractivity contribution in [3.63, 3.8) is 0 Å². The summed E-state index contributed by atoms with van der Waals surface area (Å²) in [5.41, 5.74) is -1.06. The summed E-state index contributed by atoms with van der Waals surface area (Å²) >= 11 is 2.89. The van der Waals surface area contributed by atoms with Crippen LogP contribution in [0.15, 0.2) is 42.5 Å². The summed E-state index contributed by atoms with van der Waals surface area (Å²) in [6.45, 7) is 2.40. The van der Waals surface area contributed by atoms with Crippen LogP contribution in [0.2, 0.25) is 5.02 Å². The molecular formula is C22H18ClF5N3O4S-. The predicted octanol–water partition coefficient (Wildman–Crippen LogP) is 5.11. The predicted molar refractivity (Wildman–Crippen MR) is 119 cm³/mol. The third kappa shape index (κ3) is 6.46. The van der Waals surface area contributed by atoms with Crippen molar-refractivity contribution >= 4 is 28.9 Å². The molecule has 0 aliphatic rings. The van der Waals surface area contributed by atoms with Crippen molar-refractivity contribution in [3.05, 3.63) is 81.6 Å². The number of nitrogens with one attached hydrogen (secondary N) is 1. The molecule has 14 heteroatoms. The highest BCUT2D eigenvalue weighted by molar-refractivity contribution is 7.74. The van der Waals surface area contributed by atoms with Gasteiger partial charge in [0.25, 0.3) is 0 Å². The van der Waals surface area contributed by atoms with Crippen LogP contribution in [0, 0.1) is 11.6 Å². The maximum Gasteiger partial charge on any atom is 0.435 e. The van der Waals surface area contributed by atoms with Crippen LogP contribution in [-0.2, 0) is 33.1 Å². The third-order valence-corrected chi connectivity index (χ3v) is 5.98. The average molecular weight is 551 g/mol. The molecule has 0 fully saturated rings. The molecule has 0 radical (unpaired) electrons. The summed E-state index contributed by atoms with van der Waals surface area (Å²) in [5, 5.41) is 5.67. The Labute approximate surface area is 209 Å². The summed E-state index contributed by atoms with van der Waals surface area (Å²) < 4.78 is 94.5. The van der Waals surface area contributed by atoms with Crippen LogP contribution >= 0.6 is 11.6 Å². The molecule has 0 saturated carbocycles. The second-order valence-electron chi connectivity index (χ2n) is 7.69. The van der Waals surface area contributed by atoms with E-state index in [-0.39, 0.29) is 34.1 Å². The van der Waals surface area contributed by atoms with Gasteiger partial charge in [-0.1, -0.05) is 23.7 Å². The molecule has 0 aliphatic carbocycles. The minimum absolute atomic E-state index is 0.0437. The van der Waals surface area contributed by atoms with Crippen molar-refractivity contribution < 1.29 is 39.7 Å². The number of halogens is 6. The fourth-order valence-corrected chi connectivity index (χ4v) is 3.83. The first-order valence-electron chi connectivity index (χ1n) is 10.2. The number of hydrogen-bond acceptors (Lipinski definition) is 5. The van der Waals surface area contributed by atoms with Crippen LogP contribution in [-0.4, -0.2) is 24.4 Å². The Hall–Kier alpha value is -2.87. The van der Waals surface area contributed by atoms with E-state index in [0.29, 0.717) is 0 Å². The molecule has 1 aromatic heterocycles. The van der Waals surface area contributed by atoms with Crippen molar-refractivity contribution in [1.29, 1.82) is 0 Å². The summed E-state index contributed by atoms with van der Waals surface area (Å²) in [6, 6.07) is 7.69. The number of alkyl halides is 3. The molecule has 3 unspecified atom stereocenters. The molecule has 194 valence electrons. The SMILES string of the molecule is CC(OS(=O)[O-])c1ccc(C(C)C(=O)NCc2cc(C(F)(F)F)nn2-c2ccc(F)c(Cl)c2)cc1F. The number of aromatic nitrogens is 2. The lowest BCUT2D eigenvalue weighted by molar-refractivity contribution is -0.141. The zero-order chi connectivity index (χ0) is 26.8. The maximum atomic E-state index is 14.5. The van der Waals surface area contributed by atoms with E-state index in [1.807, 2.05) is 0 Å². The quantitative estimate of drug-likeness (QED) is 0.310. The van der Waals surface area contributed by atoms with Gasteiger partial charge in [0, 0.05) is 5.56 Å². The minimum Gasteiger partial charge on any atom is -0.750 e. The highest BCUT2D eigenvalue weighted by Gasteiger charge is 2.35. The van der Waals surface area contributed by atoms with Gasteiger partial charge in [-0.15, -0.1) is 0 Å². The summed E-state index contributed by atoms with van der Waals surface area (Å²) in [7, 11) is 0. The van der Waals surface area contributed by atoms with Crippen molar-refractivity contribution in [2.24, 2.45) is 0 Å². The van der Waals surface area contributed by atoms with Gasteiger partial charge in [0.15, 0.2) is 5.69 Å². The summed E-state index contributed by atoms with van der Waals surface area (Å²) in [5.74, 6) is -3.12. The summed E-state index contributed by atoms with van der Waals surface area (Å²) in [6.07, 6.45) is -5.87. The van der Waals surface area contributed by atoms with Gasteiger partial charge in [-0.05, 0) is 49.7 Å². The second-order valence-corrected chi connectivity index (χ2v) is 8.70. The molecule has 0 saturated heterocycles. The molecule has 1 N–H and O–H groups in total. The first-order valence-corrected chi connectivity index (χ1v) is 11.6. The lowest BCUT2D eigenvalue weighted by atomic mass is 9.97. The largest absolute Gasteiger partial charge is 0.750 e. The Balaban J connectivity index is 1.80. The Kier molecular flexibility index (Phi) is 8.49. The van der Waals surface area contributed by atoms with E-state index >= 15 is 0 Å². The topological polar surface area (TPSA) is 96.3 Å². The lowest BCUT2D eigenvalue weighted by Gasteiger charge is -2.17. The molecule has 3 rings (SSSR count). The van der Waals surface area contributed by atoms with E-state index in [9.17, 15) is 35.5 Å². The molecule has 2 aromatic carbocycles. The second kappa shape index (κ2) is 11.0. The van der Waals surface area contributed by atoms with E-state index in [0.717, 1.165) is 28.9 Å². The Morgan fingerprint density at radius 1 is 1.17 bits per heavy atom. The number of hydrogen-bond donors (Lipinski definition) is 1. The highest BCUT2D eigenvalue weighted by Crippen LogP contribution is 2.30. The van der Waals surface area contributed by atoms with Crippen LogP contribution in [0.3, 0.4) is 0 Å². The number of amides is 1. The number of benzene rings is 2. The van der Waals surface area contributed by atoms with Crippen LogP contribution in [0.5, 0.6) is 0 Å². The fourth-order valence-electron chi connectivity index (χ4n) is 3.32. The van der Waals surface area contributed by atoms with Gasteiger partial charge in [0.2, 0.25) is 5.91 Å². The van der Waals surface area contributed by atoms with Crippen molar-refractivity contribution in [1.82, 2.24) is 15.1 Å². The smallest absolute Gasteiger partial charge is 0.435 e. The van der Waals surface area contributed by atoms with Crippen LogP contribution in [0.4, 0.5) is 22.0 Å².